The van der Waals surface area contributed by atoms with E-state index >= 15 is 0 Å². The Morgan fingerprint density at radius 1 is 1.19 bits per heavy atom. The smallest absolute Gasteiger partial charge is 0.125 e. The summed E-state index contributed by atoms with van der Waals surface area (Å²) in [6, 6.07) is 5.60. The minimum Gasteiger partial charge on any atom is -0.494 e. The van der Waals surface area contributed by atoms with Crippen LogP contribution in [0, 0.1) is 0 Å². The Morgan fingerprint density at radius 3 is 2.56 bits per heavy atom. The van der Waals surface area contributed by atoms with Crippen LogP contribution in [0.25, 0.3) is 0 Å². The van der Waals surface area contributed by atoms with Crippen molar-refractivity contribution in [2.24, 2.45) is 0 Å². The molecule has 0 bridgehead atoms. The zero-order chi connectivity index (χ0) is 11.4. The fourth-order valence-corrected chi connectivity index (χ4v) is 2.11. The molecule has 0 saturated heterocycles. The molecule has 1 aromatic rings. The van der Waals surface area contributed by atoms with E-state index in [1.165, 1.54) is 12.8 Å². The summed E-state index contributed by atoms with van der Waals surface area (Å²) in [6.07, 6.45) is 5.20. The van der Waals surface area contributed by atoms with Gasteiger partial charge in [-0.1, -0.05) is 0 Å². The van der Waals surface area contributed by atoms with Gasteiger partial charge in [0.05, 0.1) is 12.7 Å². The molecule has 3 nitrogen and oxygen atoms in total. The predicted molar refractivity (Wildman–Crippen MR) is 64.9 cm³/mol. The molecule has 1 aromatic carbocycles. The molecule has 0 aromatic heterocycles. The van der Waals surface area contributed by atoms with Crippen molar-refractivity contribution < 1.29 is 9.47 Å². The number of hydrogen-bond donors (Lipinski definition) is 1. The van der Waals surface area contributed by atoms with Gasteiger partial charge in [0, 0.05) is 23.9 Å². The second kappa shape index (κ2) is 5.10. The lowest BCUT2D eigenvalue weighted by Crippen LogP contribution is -2.11. The Morgan fingerprint density at radius 2 is 1.88 bits per heavy atom. The Balaban J connectivity index is 2.06. The SMILES string of the molecule is CCOc1cc(N)cc(OC2CCCC2)c1. The van der Waals surface area contributed by atoms with E-state index in [1.807, 2.05) is 25.1 Å². The summed E-state index contributed by atoms with van der Waals surface area (Å²) < 4.78 is 11.3. The van der Waals surface area contributed by atoms with Crippen LogP contribution in [0.3, 0.4) is 0 Å². The number of nitrogens with two attached hydrogens (primary N) is 1. The molecule has 0 atom stereocenters. The maximum atomic E-state index is 5.88. The van der Waals surface area contributed by atoms with E-state index in [0.29, 0.717) is 18.4 Å². The van der Waals surface area contributed by atoms with Crippen molar-refractivity contribution in [3.05, 3.63) is 18.2 Å². The van der Waals surface area contributed by atoms with E-state index in [9.17, 15) is 0 Å². The minimum absolute atomic E-state index is 0.358. The normalized spacial score (nSPS) is 16.3. The second-order valence-corrected chi connectivity index (χ2v) is 4.20. The van der Waals surface area contributed by atoms with Crippen molar-refractivity contribution in [1.82, 2.24) is 0 Å². The third-order valence-electron chi connectivity index (χ3n) is 2.82. The number of ether oxygens (including phenoxy) is 2. The van der Waals surface area contributed by atoms with Gasteiger partial charge in [-0.15, -0.1) is 0 Å². The van der Waals surface area contributed by atoms with Crippen LogP contribution < -0.4 is 15.2 Å². The fraction of sp³-hybridized carbons (Fsp3) is 0.538. The Kier molecular flexibility index (Phi) is 3.54. The van der Waals surface area contributed by atoms with Crippen molar-refractivity contribution >= 4 is 5.69 Å². The molecule has 88 valence electrons. The Hall–Kier alpha value is -1.38. The third-order valence-corrected chi connectivity index (χ3v) is 2.82. The van der Waals surface area contributed by atoms with Crippen LogP contribution in [-0.4, -0.2) is 12.7 Å². The van der Waals surface area contributed by atoms with Gasteiger partial charge in [0.25, 0.3) is 0 Å². The number of anilines is 1. The lowest BCUT2D eigenvalue weighted by atomic mass is 10.2. The first-order chi connectivity index (χ1) is 7.78. The quantitative estimate of drug-likeness (QED) is 0.795. The summed E-state index contributed by atoms with van der Waals surface area (Å²) in [4.78, 5) is 0. The van der Waals surface area contributed by atoms with E-state index in [-0.39, 0.29) is 0 Å². The molecule has 1 aliphatic carbocycles. The molecule has 0 radical (unpaired) electrons. The van der Waals surface area contributed by atoms with Crippen LogP contribution >= 0.6 is 0 Å². The molecular formula is C13H19NO2. The van der Waals surface area contributed by atoms with Gasteiger partial charge in [0.15, 0.2) is 0 Å². The average Bonchev–Trinajstić information content (AvgIpc) is 2.70. The van der Waals surface area contributed by atoms with E-state index in [4.69, 9.17) is 15.2 Å². The van der Waals surface area contributed by atoms with E-state index in [1.54, 1.807) is 0 Å². The first-order valence-electron chi connectivity index (χ1n) is 5.98. The van der Waals surface area contributed by atoms with E-state index in [2.05, 4.69) is 0 Å². The highest BCUT2D eigenvalue weighted by molar-refractivity contribution is 5.50. The van der Waals surface area contributed by atoms with Crippen LogP contribution in [0.2, 0.25) is 0 Å². The summed E-state index contributed by atoms with van der Waals surface area (Å²) in [5.74, 6) is 1.62. The zero-order valence-corrected chi connectivity index (χ0v) is 9.74. The number of rotatable bonds is 4. The van der Waals surface area contributed by atoms with Gasteiger partial charge in [-0.05, 0) is 32.6 Å². The topological polar surface area (TPSA) is 44.5 Å². The van der Waals surface area contributed by atoms with Crippen molar-refractivity contribution in [2.45, 2.75) is 38.7 Å². The van der Waals surface area contributed by atoms with Crippen molar-refractivity contribution in [3.8, 4) is 11.5 Å². The molecular weight excluding hydrogens is 202 g/mol. The van der Waals surface area contributed by atoms with E-state index in [0.717, 1.165) is 24.3 Å². The van der Waals surface area contributed by atoms with Crippen molar-refractivity contribution in [2.75, 3.05) is 12.3 Å². The predicted octanol–water partition coefficient (Wildman–Crippen LogP) is 2.99. The summed E-state index contributed by atoms with van der Waals surface area (Å²) in [5.41, 5.74) is 6.50. The highest BCUT2D eigenvalue weighted by atomic mass is 16.5. The standard InChI is InChI=1S/C13H19NO2/c1-2-15-12-7-10(14)8-13(9-12)16-11-5-3-4-6-11/h7-9,11H,2-6,14H2,1H3. The minimum atomic E-state index is 0.358. The first kappa shape index (κ1) is 11.1. The van der Waals surface area contributed by atoms with Gasteiger partial charge < -0.3 is 15.2 Å². The number of benzene rings is 1. The molecule has 0 aliphatic heterocycles. The molecule has 16 heavy (non-hydrogen) atoms. The Bertz CT molecular complexity index is 346. The van der Waals surface area contributed by atoms with Crippen LogP contribution in [0.4, 0.5) is 5.69 Å². The summed E-state index contributed by atoms with van der Waals surface area (Å²) >= 11 is 0. The summed E-state index contributed by atoms with van der Waals surface area (Å²) in [6.45, 7) is 2.60. The fourth-order valence-electron chi connectivity index (χ4n) is 2.11. The molecule has 0 unspecified atom stereocenters. The maximum absolute atomic E-state index is 5.88. The van der Waals surface area contributed by atoms with Crippen molar-refractivity contribution in [1.29, 1.82) is 0 Å². The molecule has 1 aliphatic rings. The van der Waals surface area contributed by atoms with Crippen LogP contribution in [0.5, 0.6) is 11.5 Å². The van der Waals surface area contributed by atoms with Gasteiger partial charge in [-0.3, -0.25) is 0 Å². The summed E-state index contributed by atoms with van der Waals surface area (Å²) in [5, 5.41) is 0. The molecule has 0 amide bonds. The summed E-state index contributed by atoms with van der Waals surface area (Å²) in [7, 11) is 0. The molecule has 1 saturated carbocycles. The van der Waals surface area contributed by atoms with Gasteiger partial charge in [0.1, 0.15) is 11.5 Å². The van der Waals surface area contributed by atoms with Gasteiger partial charge in [0.2, 0.25) is 0 Å². The van der Waals surface area contributed by atoms with Gasteiger partial charge in [-0.25, -0.2) is 0 Å². The highest BCUT2D eigenvalue weighted by Gasteiger charge is 2.16. The first-order valence-corrected chi connectivity index (χ1v) is 5.98. The van der Waals surface area contributed by atoms with Gasteiger partial charge >= 0.3 is 0 Å². The molecule has 2 rings (SSSR count). The van der Waals surface area contributed by atoms with Gasteiger partial charge in [-0.2, -0.15) is 0 Å². The van der Waals surface area contributed by atoms with Crippen LogP contribution in [0.1, 0.15) is 32.6 Å². The van der Waals surface area contributed by atoms with Crippen molar-refractivity contribution in [3.63, 3.8) is 0 Å². The largest absolute Gasteiger partial charge is 0.494 e. The highest BCUT2D eigenvalue weighted by Crippen LogP contribution is 2.28. The molecule has 2 N–H and O–H groups in total. The number of hydrogen-bond acceptors (Lipinski definition) is 3. The third kappa shape index (κ3) is 2.81. The molecule has 1 fully saturated rings. The molecule has 0 spiro atoms. The zero-order valence-electron chi connectivity index (χ0n) is 9.74. The Labute approximate surface area is 96.5 Å². The van der Waals surface area contributed by atoms with Crippen LogP contribution in [0.15, 0.2) is 18.2 Å². The van der Waals surface area contributed by atoms with E-state index < -0.39 is 0 Å². The van der Waals surface area contributed by atoms with Crippen LogP contribution in [-0.2, 0) is 0 Å². The number of nitrogen functional groups attached to an aromatic ring is 1. The molecule has 3 heteroatoms. The molecule has 0 heterocycles. The second-order valence-electron chi connectivity index (χ2n) is 4.20. The maximum Gasteiger partial charge on any atom is 0.125 e. The lowest BCUT2D eigenvalue weighted by molar-refractivity contribution is 0.209. The average molecular weight is 221 g/mol. The monoisotopic (exact) mass is 221 g/mol. The lowest BCUT2D eigenvalue weighted by Gasteiger charge is -2.14.